The van der Waals surface area contributed by atoms with Gasteiger partial charge in [0.2, 0.25) is 0 Å². The molecule has 0 radical (unpaired) electrons. The SMILES string of the molecule is Cc1ccc(CN(C)C(=O)COc2ccccc2F)cc1. The van der Waals surface area contributed by atoms with E-state index in [1.165, 1.54) is 17.7 Å². The van der Waals surface area contributed by atoms with Gasteiger partial charge in [-0.15, -0.1) is 0 Å². The van der Waals surface area contributed by atoms with Crippen LogP contribution in [0, 0.1) is 12.7 Å². The first kappa shape index (κ1) is 15.0. The number of benzene rings is 2. The Kier molecular flexibility index (Phi) is 4.93. The molecule has 4 heteroatoms. The third kappa shape index (κ3) is 4.31. The van der Waals surface area contributed by atoms with E-state index in [9.17, 15) is 9.18 Å². The Bertz CT molecular complexity index is 610. The second kappa shape index (κ2) is 6.88. The van der Waals surface area contributed by atoms with Crippen molar-refractivity contribution in [3.8, 4) is 5.75 Å². The van der Waals surface area contributed by atoms with Gasteiger partial charge in [0.25, 0.3) is 5.91 Å². The van der Waals surface area contributed by atoms with E-state index in [1.54, 1.807) is 24.1 Å². The molecule has 0 aromatic heterocycles. The zero-order chi connectivity index (χ0) is 15.2. The van der Waals surface area contributed by atoms with Crippen molar-refractivity contribution in [3.05, 3.63) is 65.5 Å². The number of ether oxygens (including phenoxy) is 1. The summed E-state index contributed by atoms with van der Waals surface area (Å²) < 4.78 is 18.6. The van der Waals surface area contributed by atoms with E-state index < -0.39 is 5.82 Å². The Morgan fingerprint density at radius 2 is 1.81 bits per heavy atom. The Labute approximate surface area is 124 Å². The summed E-state index contributed by atoms with van der Waals surface area (Å²) in [5, 5.41) is 0. The predicted molar refractivity (Wildman–Crippen MR) is 79.5 cm³/mol. The number of rotatable bonds is 5. The number of nitrogens with zero attached hydrogens (tertiary/aromatic N) is 1. The quantitative estimate of drug-likeness (QED) is 0.845. The van der Waals surface area contributed by atoms with E-state index in [4.69, 9.17) is 4.74 Å². The van der Waals surface area contributed by atoms with E-state index in [-0.39, 0.29) is 18.3 Å². The largest absolute Gasteiger partial charge is 0.481 e. The average Bonchev–Trinajstić information content (AvgIpc) is 2.48. The minimum atomic E-state index is -0.466. The van der Waals surface area contributed by atoms with Crippen LogP contribution in [0.5, 0.6) is 5.75 Å². The van der Waals surface area contributed by atoms with Gasteiger partial charge in [-0.05, 0) is 24.6 Å². The molecule has 0 aliphatic carbocycles. The molecule has 2 aromatic rings. The number of aryl methyl sites for hydroxylation is 1. The summed E-state index contributed by atoms with van der Waals surface area (Å²) in [6, 6.07) is 14.0. The maximum Gasteiger partial charge on any atom is 0.260 e. The molecule has 0 atom stereocenters. The second-order valence-corrected chi connectivity index (χ2v) is 4.95. The number of amides is 1. The molecule has 0 N–H and O–H groups in total. The summed E-state index contributed by atoms with van der Waals surface area (Å²) in [4.78, 5) is 13.5. The minimum Gasteiger partial charge on any atom is -0.481 e. The smallest absolute Gasteiger partial charge is 0.260 e. The van der Waals surface area contributed by atoms with E-state index >= 15 is 0 Å². The summed E-state index contributed by atoms with van der Waals surface area (Å²) >= 11 is 0. The molecule has 2 aromatic carbocycles. The topological polar surface area (TPSA) is 29.5 Å². The summed E-state index contributed by atoms with van der Waals surface area (Å²) in [5.74, 6) is -0.570. The van der Waals surface area contributed by atoms with E-state index in [1.807, 2.05) is 31.2 Å². The molecule has 2 rings (SSSR count). The average molecular weight is 287 g/mol. The second-order valence-electron chi connectivity index (χ2n) is 4.95. The summed E-state index contributed by atoms with van der Waals surface area (Å²) in [6.45, 7) is 2.34. The van der Waals surface area contributed by atoms with Crippen molar-refractivity contribution in [3.63, 3.8) is 0 Å². The third-order valence-electron chi connectivity index (χ3n) is 3.15. The van der Waals surface area contributed by atoms with Crippen molar-refractivity contribution < 1.29 is 13.9 Å². The molecular weight excluding hydrogens is 269 g/mol. The lowest BCUT2D eigenvalue weighted by molar-refractivity contribution is -0.132. The lowest BCUT2D eigenvalue weighted by Crippen LogP contribution is -2.31. The fourth-order valence-electron chi connectivity index (χ4n) is 1.87. The van der Waals surface area contributed by atoms with Gasteiger partial charge in [-0.3, -0.25) is 4.79 Å². The van der Waals surface area contributed by atoms with E-state index in [0.717, 1.165) is 5.56 Å². The lowest BCUT2D eigenvalue weighted by Gasteiger charge is -2.17. The van der Waals surface area contributed by atoms with Gasteiger partial charge in [-0.25, -0.2) is 4.39 Å². The van der Waals surface area contributed by atoms with Crippen molar-refractivity contribution in [2.45, 2.75) is 13.5 Å². The molecule has 0 bridgehead atoms. The highest BCUT2D eigenvalue weighted by molar-refractivity contribution is 5.77. The van der Waals surface area contributed by atoms with Crippen LogP contribution >= 0.6 is 0 Å². The summed E-state index contributed by atoms with van der Waals surface area (Å²) in [5.41, 5.74) is 2.22. The van der Waals surface area contributed by atoms with Crippen LogP contribution in [0.1, 0.15) is 11.1 Å². The van der Waals surface area contributed by atoms with Crippen LogP contribution in [0.15, 0.2) is 48.5 Å². The van der Waals surface area contributed by atoms with Gasteiger partial charge in [-0.2, -0.15) is 0 Å². The van der Waals surface area contributed by atoms with E-state index in [0.29, 0.717) is 6.54 Å². The number of para-hydroxylation sites is 1. The monoisotopic (exact) mass is 287 g/mol. The Balaban J connectivity index is 1.88. The lowest BCUT2D eigenvalue weighted by atomic mass is 10.1. The minimum absolute atomic E-state index is 0.0922. The molecule has 0 aliphatic rings. The highest BCUT2D eigenvalue weighted by Crippen LogP contribution is 2.15. The Morgan fingerprint density at radius 3 is 2.48 bits per heavy atom. The van der Waals surface area contributed by atoms with Crippen LogP contribution in [0.3, 0.4) is 0 Å². The van der Waals surface area contributed by atoms with Crippen molar-refractivity contribution in [1.82, 2.24) is 4.90 Å². The number of hydrogen-bond acceptors (Lipinski definition) is 2. The molecule has 21 heavy (non-hydrogen) atoms. The first-order chi connectivity index (χ1) is 10.1. The maximum atomic E-state index is 13.4. The van der Waals surface area contributed by atoms with Gasteiger partial charge in [-0.1, -0.05) is 42.0 Å². The van der Waals surface area contributed by atoms with Crippen LogP contribution in [-0.2, 0) is 11.3 Å². The first-order valence-corrected chi connectivity index (χ1v) is 6.73. The highest BCUT2D eigenvalue weighted by Gasteiger charge is 2.11. The third-order valence-corrected chi connectivity index (χ3v) is 3.15. The molecule has 1 amide bonds. The van der Waals surface area contributed by atoms with Gasteiger partial charge in [0.1, 0.15) is 0 Å². The zero-order valence-corrected chi connectivity index (χ0v) is 12.2. The molecule has 0 spiro atoms. The Hall–Kier alpha value is -2.36. The predicted octanol–water partition coefficient (Wildman–Crippen LogP) is 3.17. The molecule has 0 unspecified atom stereocenters. The fraction of sp³-hybridized carbons (Fsp3) is 0.235. The molecule has 0 aliphatic heterocycles. The molecular formula is C17H18FNO2. The number of hydrogen-bond donors (Lipinski definition) is 0. The first-order valence-electron chi connectivity index (χ1n) is 6.73. The van der Waals surface area contributed by atoms with Crippen molar-refractivity contribution in [2.24, 2.45) is 0 Å². The van der Waals surface area contributed by atoms with Crippen LogP contribution < -0.4 is 4.74 Å². The van der Waals surface area contributed by atoms with Gasteiger partial charge in [0, 0.05) is 13.6 Å². The molecule has 0 saturated carbocycles. The zero-order valence-electron chi connectivity index (χ0n) is 12.2. The molecule has 0 heterocycles. The fourth-order valence-corrected chi connectivity index (χ4v) is 1.87. The molecule has 3 nitrogen and oxygen atoms in total. The van der Waals surface area contributed by atoms with Crippen LogP contribution in [0.4, 0.5) is 4.39 Å². The maximum absolute atomic E-state index is 13.4. The van der Waals surface area contributed by atoms with Gasteiger partial charge < -0.3 is 9.64 Å². The normalized spacial score (nSPS) is 10.2. The van der Waals surface area contributed by atoms with Crippen LogP contribution in [0.25, 0.3) is 0 Å². The van der Waals surface area contributed by atoms with Crippen molar-refractivity contribution in [1.29, 1.82) is 0 Å². The highest BCUT2D eigenvalue weighted by atomic mass is 19.1. The molecule has 110 valence electrons. The van der Waals surface area contributed by atoms with Crippen molar-refractivity contribution in [2.75, 3.05) is 13.7 Å². The summed E-state index contributed by atoms with van der Waals surface area (Å²) in [6.07, 6.45) is 0. The van der Waals surface area contributed by atoms with Crippen LogP contribution in [-0.4, -0.2) is 24.5 Å². The number of likely N-dealkylation sites (N-methyl/N-ethyl adjacent to an activating group) is 1. The van der Waals surface area contributed by atoms with Gasteiger partial charge in [0.15, 0.2) is 18.2 Å². The molecule has 0 saturated heterocycles. The molecule has 0 fully saturated rings. The number of halogens is 1. The van der Waals surface area contributed by atoms with E-state index in [2.05, 4.69) is 0 Å². The number of carbonyl (C=O) groups excluding carboxylic acids is 1. The standard InChI is InChI=1S/C17H18FNO2/c1-13-7-9-14(10-8-13)11-19(2)17(20)12-21-16-6-4-3-5-15(16)18/h3-10H,11-12H2,1-2H3. The van der Waals surface area contributed by atoms with Gasteiger partial charge >= 0.3 is 0 Å². The van der Waals surface area contributed by atoms with Crippen molar-refractivity contribution >= 4 is 5.91 Å². The van der Waals surface area contributed by atoms with Gasteiger partial charge in [0.05, 0.1) is 0 Å². The Morgan fingerprint density at radius 1 is 1.14 bits per heavy atom. The number of carbonyl (C=O) groups is 1. The summed E-state index contributed by atoms with van der Waals surface area (Å²) in [7, 11) is 1.70. The van der Waals surface area contributed by atoms with Crippen LogP contribution in [0.2, 0.25) is 0 Å².